The van der Waals surface area contributed by atoms with Gasteiger partial charge in [0.15, 0.2) is 5.69 Å². The normalized spacial score (nSPS) is 15.0. The Morgan fingerprint density at radius 1 is 1.19 bits per heavy atom. The zero-order valence-corrected chi connectivity index (χ0v) is 16.4. The molecule has 3 aromatic rings. The van der Waals surface area contributed by atoms with E-state index >= 15 is 0 Å². The Labute approximate surface area is 176 Å². The molecular formula is C22H17FN6O2. The molecule has 0 radical (unpaired) electrons. The van der Waals surface area contributed by atoms with Crippen molar-refractivity contribution in [3.05, 3.63) is 64.9 Å². The van der Waals surface area contributed by atoms with Crippen LogP contribution < -0.4 is 5.32 Å². The summed E-state index contributed by atoms with van der Waals surface area (Å²) in [5.74, 6) is -1.06. The fourth-order valence-corrected chi connectivity index (χ4v) is 4.05. The predicted octanol–water partition coefficient (Wildman–Crippen LogP) is 2.42. The number of pyridine rings is 1. The van der Waals surface area contributed by atoms with Crippen LogP contribution in [0.5, 0.6) is 0 Å². The number of nitrogens with zero attached hydrogens (tertiary/aromatic N) is 5. The van der Waals surface area contributed by atoms with Crippen molar-refractivity contribution in [2.75, 3.05) is 13.1 Å². The van der Waals surface area contributed by atoms with E-state index in [1.807, 2.05) is 6.07 Å². The lowest BCUT2D eigenvalue weighted by molar-refractivity contribution is 0.0786. The van der Waals surface area contributed by atoms with Crippen LogP contribution in [0.3, 0.4) is 0 Å². The van der Waals surface area contributed by atoms with Crippen LogP contribution in [0, 0.1) is 17.1 Å². The number of nitrogens with one attached hydrogen (secondary N) is 1. The van der Waals surface area contributed by atoms with Gasteiger partial charge in [-0.25, -0.2) is 14.1 Å². The second-order valence-electron chi connectivity index (χ2n) is 7.45. The van der Waals surface area contributed by atoms with Gasteiger partial charge in [-0.3, -0.25) is 9.59 Å². The minimum Gasteiger partial charge on any atom is -0.346 e. The minimum absolute atomic E-state index is 0.0638. The highest BCUT2D eigenvalue weighted by molar-refractivity contribution is 6.02. The molecule has 2 aromatic heterocycles. The summed E-state index contributed by atoms with van der Waals surface area (Å²) in [5.41, 5.74) is 1.84. The smallest absolute Gasteiger partial charge is 0.274 e. The number of hydrogen-bond acceptors (Lipinski definition) is 5. The molecule has 2 amide bonds. The highest BCUT2D eigenvalue weighted by Gasteiger charge is 2.29. The first-order valence-corrected chi connectivity index (χ1v) is 9.93. The number of likely N-dealkylation sites (tertiary alicyclic amines) is 1. The molecule has 0 aliphatic carbocycles. The number of amides is 2. The zero-order chi connectivity index (χ0) is 21.5. The monoisotopic (exact) mass is 416 g/mol. The van der Waals surface area contributed by atoms with Crippen molar-refractivity contribution in [2.24, 2.45) is 0 Å². The summed E-state index contributed by atoms with van der Waals surface area (Å²) in [6.45, 7) is 1.59. The van der Waals surface area contributed by atoms with Gasteiger partial charge < -0.3 is 10.2 Å². The van der Waals surface area contributed by atoms with E-state index in [0.717, 1.165) is 12.8 Å². The SMILES string of the molecule is N#Cc1cccc(F)c1-c1cc(-n2ccc(C(=O)N3CCCC3)n2)c2c(n1)CNC2=O. The number of hydrogen-bond donors (Lipinski definition) is 1. The van der Waals surface area contributed by atoms with Crippen molar-refractivity contribution in [1.29, 1.82) is 5.26 Å². The lowest BCUT2D eigenvalue weighted by Crippen LogP contribution is -2.28. The Morgan fingerprint density at radius 2 is 2.00 bits per heavy atom. The van der Waals surface area contributed by atoms with Gasteiger partial charge in [0, 0.05) is 19.3 Å². The van der Waals surface area contributed by atoms with Crippen LogP contribution in [0.2, 0.25) is 0 Å². The molecule has 0 unspecified atom stereocenters. The molecule has 0 bridgehead atoms. The molecule has 2 aliphatic rings. The number of carbonyl (C=O) groups excluding carboxylic acids is 2. The van der Waals surface area contributed by atoms with Crippen LogP contribution in [0.1, 0.15) is 44.9 Å². The fourth-order valence-electron chi connectivity index (χ4n) is 4.05. The maximum atomic E-state index is 14.6. The van der Waals surface area contributed by atoms with Crippen LogP contribution >= 0.6 is 0 Å². The molecular weight excluding hydrogens is 399 g/mol. The molecule has 2 aliphatic heterocycles. The van der Waals surface area contributed by atoms with E-state index in [-0.39, 0.29) is 40.9 Å². The molecule has 1 N–H and O–H groups in total. The Balaban J connectivity index is 1.64. The second-order valence-corrected chi connectivity index (χ2v) is 7.45. The predicted molar refractivity (Wildman–Crippen MR) is 108 cm³/mol. The number of fused-ring (bicyclic) bond motifs is 1. The van der Waals surface area contributed by atoms with Gasteiger partial charge in [-0.05, 0) is 37.1 Å². The molecule has 154 valence electrons. The van der Waals surface area contributed by atoms with Gasteiger partial charge in [-0.2, -0.15) is 10.4 Å². The maximum absolute atomic E-state index is 14.6. The quantitative estimate of drug-likeness (QED) is 0.706. The van der Waals surface area contributed by atoms with Gasteiger partial charge in [-0.15, -0.1) is 0 Å². The molecule has 0 saturated carbocycles. The zero-order valence-electron chi connectivity index (χ0n) is 16.4. The first kappa shape index (κ1) is 18.9. The number of benzene rings is 1. The van der Waals surface area contributed by atoms with Gasteiger partial charge in [0.2, 0.25) is 0 Å². The van der Waals surface area contributed by atoms with Gasteiger partial charge in [0.1, 0.15) is 5.82 Å². The lowest BCUT2D eigenvalue weighted by Gasteiger charge is -2.13. The molecule has 5 rings (SSSR count). The summed E-state index contributed by atoms with van der Waals surface area (Å²) in [5, 5.41) is 16.5. The van der Waals surface area contributed by atoms with E-state index in [9.17, 15) is 19.2 Å². The first-order valence-electron chi connectivity index (χ1n) is 9.93. The van der Waals surface area contributed by atoms with E-state index in [4.69, 9.17) is 0 Å². The van der Waals surface area contributed by atoms with Crippen LogP contribution in [0.4, 0.5) is 4.39 Å². The molecule has 8 nitrogen and oxygen atoms in total. The topological polar surface area (TPSA) is 104 Å². The second kappa shape index (κ2) is 7.32. The highest BCUT2D eigenvalue weighted by atomic mass is 19.1. The summed E-state index contributed by atoms with van der Waals surface area (Å²) in [7, 11) is 0. The Morgan fingerprint density at radius 3 is 2.77 bits per heavy atom. The molecule has 0 atom stereocenters. The number of nitriles is 1. The van der Waals surface area contributed by atoms with E-state index < -0.39 is 5.82 Å². The number of rotatable bonds is 3. The van der Waals surface area contributed by atoms with E-state index in [1.165, 1.54) is 28.9 Å². The largest absolute Gasteiger partial charge is 0.346 e. The maximum Gasteiger partial charge on any atom is 0.274 e. The van der Waals surface area contributed by atoms with Gasteiger partial charge >= 0.3 is 0 Å². The Kier molecular flexibility index (Phi) is 4.47. The summed E-state index contributed by atoms with van der Waals surface area (Å²) >= 11 is 0. The third kappa shape index (κ3) is 3.13. The molecule has 1 aromatic carbocycles. The molecule has 1 fully saturated rings. The van der Waals surface area contributed by atoms with Crippen molar-refractivity contribution in [1.82, 2.24) is 25.0 Å². The molecule has 4 heterocycles. The molecule has 9 heteroatoms. The van der Waals surface area contributed by atoms with E-state index in [1.54, 1.807) is 17.2 Å². The summed E-state index contributed by atoms with van der Waals surface area (Å²) in [4.78, 5) is 31.3. The van der Waals surface area contributed by atoms with E-state index in [0.29, 0.717) is 30.0 Å². The van der Waals surface area contributed by atoms with Gasteiger partial charge in [0.25, 0.3) is 11.8 Å². The number of aromatic nitrogens is 3. The summed E-state index contributed by atoms with van der Waals surface area (Å²) < 4.78 is 16.1. The lowest BCUT2D eigenvalue weighted by atomic mass is 10.0. The molecule has 0 spiro atoms. The number of carbonyl (C=O) groups is 2. The summed E-state index contributed by atoms with van der Waals surface area (Å²) in [6, 6.07) is 9.34. The van der Waals surface area contributed by atoms with Crippen molar-refractivity contribution < 1.29 is 14.0 Å². The first-order chi connectivity index (χ1) is 15.1. The Bertz CT molecular complexity index is 1270. The minimum atomic E-state index is -0.583. The highest BCUT2D eigenvalue weighted by Crippen LogP contribution is 2.31. The third-order valence-corrected chi connectivity index (χ3v) is 5.56. The van der Waals surface area contributed by atoms with Crippen molar-refractivity contribution >= 4 is 11.8 Å². The van der Waals surface area contributed by atoms with Crippen LogP contribution in [0.15, 0.2) is 36.5 Å². The van der Waals surface area contributed by atoms with Crippen molar-refractivity contribution in [3.8, 4) is 23.0 Å². The van der Waals surface area contributed by atoms with Crippen LogP contribution in [0.25, 0.3) is 16.9 Å². The van der Waals surface area contributed by atoms with E-state index in [2.05, 4.69) is 15.4 Å². The average molecular weight is 416 g/mol. The third-order valence-electron chi connectivity index (χ3n) is 5.56. The van der Waals surface area contributed by atoms with Crippen LogP contribution in [-0.4, -0.2) is 44.6 Å². The van der Waals surface area contributed by atoms with Crippen molar-refractivity contribution in [3.63, 3.8) is 0 Å². The molecule has 31 heavy (non-hydrogen) atoms. The van der Waals surface area contributed by atoms with Gasteiger partial charge in [0.05, 0.1) is 46.4 Å². The van der Waals surface area contributed by atoms with Gasteiger partial charge in [-0.1, -0.05) is 6.07 Å². The molecule has 1 saturated heterocycles. The van der Waals surface area contributed by atoms with Crippen LogP contribution in [-0.2, 0) is 6.54 Å². The van der Waals surface area contributed by atoms with Crippen molar-refractivity contribution in [2.45, 2.75) is 19.4 Å². The fraction of sp³-hybridized carbons (Fsp3) is 0.227. The average Bonchev–Trinajstić information content (AvgIpc) is 3.54. The number of halogens is 1. The standard InChI is InChI=1S/C22H17FN6O2/c23-14-5-3-4-13(11-24)19(14)16-10-18(20-17(26-16)12-25-21(20)30)29-9-6-15(27-29)22(31)28-7-1-2-8-28/h3-6,9-10H,1-2,7-8,12H2,(H,25,30). The Hall–Kier alpha value is -4.06. The summed E-state index contributed by atoms with van der Waals surface area (Å²) in [6.07, 6.45) is 3.54.